The largest absolute Gasteiger partial charge is 0.497 e. The lowest BCUT2D eigenvalue weighted by atomic mass is 9.79. The summed E-state index contributed by atoms with van der Waals surface area (Å²) in [4.78, 5) is 10.9. The van der Waals surface area contributed by atoms with Crippen molar-refractivity contribution in [3.8, 4) is 11.5 Å². The van der Waals surface area contributed by atoms with Crippen LogP contribution in [0.25, 0.3) is 0 Å². The third kappa shape index (κ3) is 2.50. The summed E-state index contributed by atoms with van der Waals surface area (Å²) in [5, 5.41) is 12.2. The molecule has 1 saturated carbocycles. The zero-order valence-electron chi connectivity index (χ0n) is 10.5. The van der Waals surface area contributed by atoms with E-state index in [4.69, 9.17) is 14.6 Å². The van der Waals surface area contributed by atoms with Gasteiger partial charge in [0.15, 0.2) is 0 Å². The van der Waals surface area contributed by atoms with Gasteiger partial charge >= 0.3 is 5.97 Å². The number of methoxy groups -OCH3 is 2. The Balaban J connectivity index is 2.11. The smallest absolute Gasteiger partial charge is 0.308 e. The van der Waals surface area contributed by atoms with Crippen LogP contribution < -0.4 is 14.8 Å². The second-order valence-corrected chi connectivity index (χ2v) is 4.37. The summed E-state index contributed by atoms with van der Waals surface area (Å²) in [6.07, 6.45) is 1.60. The summed E-state index contributed by atoms with van der Waals surface area (Å²) in [5.41, 5.74) is 0.821. The van der Waals surface area contributed by atoms with Crippen LogP contribution in [0.2, 0.25) is 0 Å². The van der Waals surface area contributed by atoms with Gasteiger partial charge in [-0.3, -0.25) is 4.79 Å². The summed E-state index contributed by atoms with van der Waals surface area (Å²) >= 11 is 0. The van der Waals surface area contributed by atoms with Crippen molar-refractivity contribution in [1.29, 1.82) is 0 Å². The number of rotatable bonds is 5. The van der Waals surface area contributed by atoms with E-state index in [1.807, 2.05) is 12.1 Å². The molecule has 0 aliphatic heterocycles. The molecule has 98 valence electrons. The first-order valence-corrected chi connectivity index (χ1v) is 5.86. The average molecular weight is 251 g/mol. The third-order valence-corrected chi connectivity index (χ3v) is 3.30. The molecule has 0 bridgehead atoms. The van der Waals surface area contributed by atoms with Crippen LogP contribution in [-0.2, 0) is 4.79 Å². The van der Waals surface area contributed by atoms with Crippen LogP contribution in [0.15, 0.2) is 18.2 Å². The van der Waals surface area contributed by atoms with Crippen molar-refractivity contribution in [2.75, 3.05) is 19.5 Å². The van der Waals surface area contributed by atoms with Gasteiger partial charge in [0.1, 0.15) is 11.5 Å². The number of aliphatic carboxylic acids is 1. The van der Waals surface area contributed by atoms with E-state index in [9.17, 15) is 4.79 Å². The van der Waals surface area contributed by atoms with Crippen LogP contribution in [-0.4, -0.2) is 31.3 Å². The Morgan fingerprint density at radius 2 is 1.83 bits per heavy atom. The van der Waals surface area contributed by atoms with Crippen molar-refractivity contribution in [2.45, 2.75) is 18.9 Å². The molecule has 2 rings (SSSR count). The quantitative estimate of drug-likeness (QED) is 0.837. The van der Waals surface area contributed by atoms with E-state index < -0.39 is 5.97 Å². The zero-order chi connectivity index (χ0) is 13.1. The fourth-order valence-corrected chi connectivity index (χ4v) is 2.07. The van der Waals surface area contributed by atoms with Crippen LogP contribution in [0, 0.1) is 5.92 Å². The predicted molar refractivity (Wildman–Crippen MR) is 67.3 cm³/mol. The minimum Gasteiger partial charge on any atom is -0.497 e. The molecule has 5 nitrogen and oxygen atoms in total. The fraction of sp³-hybridized carbons (Fsp3) is 0.462. The van der Waals surface area contributed by atoms with Crippen LogP contribution in [0.3, 0.4) is 0 Å². The first-order valence-electron chi connectivity index (χ1n) is 5.86. The number of carbonyl (C=O) groups is 1. The van der Waals surface area contributed by atoms with Crippen molar-refractivity contribution in [3.05, 3.63) is 18.2 Å². The molecule has 5 heteroatoms. The van der Waals surface area contributed by atoms with E-state index in [1.165, 1.54) is 0 Å². The van der Waals surface area contributed by atoms with Crippen molar-refractivity contribution in [2.24, 2.45) is 5.92 Å². The van der Waals surface area contributed by atoms with Gasteiger partial charge in [-0.05, 0) is 12.8 Å². The molecule has 2 atom stereocenters. The lowest BCUT2D eigenvalue weighted by molar-refractivity contribution is -0.144. The topological polar surface area (TPSA) is 67.8 Å². The summed E-state index contributed by atoms with van der Waals surface area (Å²) < 4.78 is 10.3. The van der Waals surface area contributed by atoms with Gasteiger partial charge in [-0.15, -0.1) is 0 Å². The molecule has 0 heterocycles. The highest BCUT2D eigenvalue weighted by molar-refractivity contribution is 5.73. The number of anilines is 1. The van der Waals surface area contributed by atoms with Gasteiger partial charge in [0, 0.05) is 29.9 Å². The first kappa shape index (κ1) is 12.5. The van der Waals surface area contributed by atoms with E-state index >= 15 is 0 Å². The first-order chi connectivity index (χ1) is 8.63. The van der Waals surface area contributed by atoms with Gasteiger partial charge in [-0.25, -0.2) is 0 Å². The Labute approximate surface area is 106 Å². The number of benzene rings is 1. The number of ether oxygens (including phenoxy) is 2. The molecule has 18 heavy (non-hydrogen) atoms. The van der Waals surface area contributed by atoms with E-state index in [0.717, 1.165) is 18.5 Å². The normalized spacial score (nSPS) is 21.9. The van der Waals surface area contributed by atoms with Gasteiger partial charge in [-0.2, -0.15) is 0 Å². The minimum atomic E-state index is -0.742. The maximum absolute atomic E-state index is 10.9. The lowest BCUT2D eigenvalue weighted by Crippen LogP contribution is -2.42. The lowest BCUT2D eigenvalue weighted by Gasteiger charge is -2.34. The highest BCUT2D eigenvalue weighted by Crippen LogP contribution is 2.33. The van der Waals surface area contributed by atoms with Crippen molar-refractivity contribution >= 4 is 11.7 Å². The van der Waals surface area contributed by atoms with Gasteiger partial charge in [0.2, 0.25) is 0 Å². The number of hydrogen-bond acceptors (Lipinski definition) is 4. The maximum Gasteiger partial charge on any atom is 0.308 e. The Hall–Kier alpha value is -1.91. The second-order valence-electron chi connectivity index (χ2n) is 4.37. The Bertz CT molecular complexity index is 424. The molecular formula is C13H17NO4. The molecule has 0 saturated heterocycles. The van der Waals surface area contributed by atoms with E-state index in [0.29, 0.717) is 11.5 Å². The second kappa shape index (κ2) is 5.16. The van der Waals surface area contributed by atoms with Crippen LogP contribution in [0.5, 0.6) is 11.5 Å². The van der Waals surface area contributed by atoms with Crippen molar-refractivity contribution in [1.82, 2.24) is 0 Å². The molecule has 1 aliphatic rings. The predicted octanol–water partition coefficient (Wildman–Crippen LogP) is 1.98. The molecule has 1 fully saturated rings. The van der Waals surface area contributed by atoms with E-state index in [2.05, 4.69) is 5.32 Å². The van der Waals surface area contributed by atoms with Crippen LogP contribution in [0.1, 0.15) is 12.8 Å². The molecule has 2 N–H and O–H groups in total. The zero-order valence-corrected chi connectivity index (χ0v) is 10.5. The van der Waals surface area contributed by atoms with E-state index in [-0.39, 0.29) is 12.0 Å². The fourth-order valence-electron chi connectivity index (χ4n) is 2.07. The SMILES string of the molecule is COc1cc(NC2CCC2C(=O)O)cc(OC)c1. The van der Waals surface area contributed by atoms with Gasteiger partial charge in [-0.1, -0.05) is 0 Å². The molecule has 1 aromatic carbocycles. The maximum atomic E-state index is 10.9. The highest BCUT2D eigenvalue weighted by Gasteiger charge is 2.36. The van der Waals surface area contributed by atoms with Crippen LogP contribution >= 0.6 is 0 Å². The van der Waals surface area contributed by atoms with Gasteiger partial charge in [0.25, 0.3) is 0 Å². The number of nitrogens with one attached hydrogen (secondary N) is 1. The minimum absolute atomic E-state index is 0.0145. The molecule has 1 aliphatic carbocycles. The number of hydrogen-bond donors (Lipinski definition) is 2. The summed E-state index contributed by atoms with van der Waals surface area (Å²) in [6, 6.07) is 5.43. The molecule has 0 radical (unpaired) electrons. The molecule has 1 aromatic rings. The van der Waals surface area contributed by atoms with Gasteiger partial charge in [0.05, 0.1) is 20.1 Å². The van der Waals surface area contributed by atoms with Crippen LogP contribution in [0.4, 0.5) is 5.69 Å². The molecule has 2 unspecified atom stereocenters. The van der Waals surface area contributed by atoms with E-state index in [1.54, 1.807) is 20.3 Å². The molecule has 0 amide bonds. The number of carboxylic acids is 1. The third-order valence-electron chi connectivity index (χ3n) is 3.30. The Morgan fingerprint density at radius 1 is 1.22 bits per heavy atom. The summed E-state index contributed by atoms with van der Waals surface area (Å²) in [6.45, 7) is 0. The van der Waals surface area contributed by atoms with Crippen molar-refractivity contribution < 1.29 is 19.4 Å². The average Bonchev–Trinajstić information content (AvgIpc) is 2.33. The highest BCUT2D eigenvalue weighted by atomic mass is 16.5. The summed E-state index contributed by atoms with van der Waals surface area (Å²) in [7, 11) is 3.17. The molecule has 0 spiro atoms. The monoisotopic (exact) mass is 251 g/mol. The summed E-state index contributed by atoms with van der Waals surface area (Å²) in [5.74, 6) is 0.321. The molecular weight excluding hydrogens is 234 g/mol. The standard InChI is InChI=1S/C13H17NO4/c1-17-9-5-8(6-10(7-9)18-2)14-12-4-3-11(12)13(15)16/h5-7,11-12,14H,3-4H2,1-2H3,(H,15,16). The number of carboxylic acid groups (broad SMARTS) is 1. The van der Waals surface area contributed by atoms with Gasteiger partial charge < -0.3 is 19.9 Å². The Kier molecular flexibility index (Phi) is 3.60. The molecule has 0 aromatic heterocycles. The van der Waals surface area contributed by atoms with Crippen molar-refractivity contribution in [3.63, 3.8) is 0 Å². The Morgan fingerprint density at radius 3 is 2.22 bits per heavy atom.